The molecule has 1 aromatic carbocycles. The molecule has 5 nitrogen and oxygen atoms in total. The predicted molar refractivity (Wildman–Crippen MR) is 85.1 cm³/mol. The van der Waals surface area contributed by atoms with E-state index in [-0.39, 0.29) is 5.78 Å². The average molecular weight is 303 g/mol. The maximum atomic E-state index is 11.7. The number of carbonyl (C=O) groups is 2. The van der Waals surface area contributed by atoms with E-state index in [4.69, 9.17) is 4.74 Å². The molecule has 0 radical (unpaired) electrons. The van der Waals surface area contributed by atoms with Gasteiger partial charge in [0.2, 0.25) is 0 Å². The van der Waals surface area contributed by atoms with E-state index in [9.17, 15) is 9.59 Å². The van der Waals surface area contributed by atoms with Crippen LogP contribution < -0.4 is 4.74 Å². The maximum Gasteiger partial charge on any atom is 0.330 e. The molecule has 1 atom stereocenters. The highest BCUT2D eigenvalue weighted by Gasteiger charge is 2.14. The maximum absolute atomic E-state index is 11.7. The van der Waals surface area contributed by atoms with Gasteiger partial charge in [0.1, 0.15) is 11.5 Å². The first-order chi connectivity index (χ1) is 10.5. The highest BCUT2D eigenvalue weighted by molar-refractivity contribution is 6.05. The van der Waals surface area contributed by atoms with Crippen molar-refractivity contribution in [3.05, 3.63) is 42.0 Å². The molecule has 5 heteroatoms. The van der Waals surface area contributed by atoms with Gasteiger partial charge in [0.25, 0.3) is 0 Å². The number of ether oxygens (including phenoxy) is 2. The van der Waals surface area contributed by atoms with E-state index in [0.717, 1.165) is 11.3 Å². The van der Waals surface area contributed by atoms with Crippen LogP contribution in [0.3, 0.4) is 0 Å². The lowest BCUT2D eigenvalue weighted by molar-refractivity contribution is -0.134. The molecule has 0 N–H and O–H groups in total. The zero-order valence-corrected chi connectivity index (χ0v) is 13.3. The third kappa shape index (κ3) is 5.52. The van der Waals surface area contributed by atoms with Gasteiger partial charge in [0.05, 0.1) is 26.7 Å². The zero-order valence-electron chi connectivity index (χ0n) is 13.3. The second kappa shape index (κ2) is 8.77. The second-order valence-electron chi connectivity index (χ2n) is 4.78. The Morgan fingerprint density at radius 2 is 1.82 bits per heavy atom. The Hall–Kier alpha value is -2.43. The van der Waals surface area contributed by atoms with Gasteiger partial charge in [-0.15, -0.1) is 0 Å². The van der Waals surface area contributed by atoms with Gasteiger partial charge < -0.3 is 9.47 Å². The smallest absolute Gasteiger partial charge is 0.330 e. The molecular formula is C17H21NO4. The number of hydrogen-bond acceptors (Lipinski definition) is 5. The van der Waals surface area contributed by atoms with Crippen LogP contribution in [0.1, 0.15) is 19.4 Å². The summed E-state index contributed by atoms with van der Waals surface area (Å²) in [5.74, 6) is -0.297. The Morgan fingerprint density at radius 3 is 2.32 bits per heavy atom. The van der Waals surface area contributed by atoms with Crippen molar-refractivity contribution >= 4 is 17.5 Å². The fraction of sp³-hybridized carbons (Fsp3) is 0.353. The molecule has 118 valence electrons. The first-order valence-electron chi connectivity index (χ1n) is 6.88. The summed E-state index contributed by atoms with van der Waals surface area (Å²) < 4.78 is 9.62. The number of methoxy groups -OCH3 is 2. The fourth-order valence-electron chi connectivity index (χ4n) is 1.86. The van der Waals surface area contributed by atoms with E-state index in [2.05, 4.69) is 9.73 Å². The lowest BCUT2D eigenvalue weighted by Gasteiger charge is -2.09. The number of Topliss-reactive ketones (excluding diaryl/α,β-unsaturated/α-hetero) is 1. The largest absolute Gasteiger partial charge is 0.497 e. The van der Waals surface area contributed by atoms with Crippen molar-refractivity contribution in [2.45, 2.75) is 20.4 Å². The van der Waals surface area contributed by atoms with Crippen molar-refractivity contribution in [2.75, 3.05) is 14.2 Å². The van der Waals surface area contributed by atoms with Gasteiger partial charge in [-0.3, -0.25) is 9.79 Å². The molecule has 0 spiro atoms. The second-order valence-corrected chi connectivity index (χ2v) is 4.78. The monoisotopic (exact) mass is 303 g/mol. The van der Waals surface area contributed by atoms with Crippen LogP contribution in [0, 0.1) is 5.92 Å². The van der Waals surface area contributed by atoms with Crippen molar-refractivity contribution in [3.63, 3.8) is 0 Å². The van der Waals surface area contributed by atoms with E-state index in [1.54, 1.807) is 14.0 Å². The molecule has 0 saturated carbocycles. The van der Waals surface area contributed by atoms with Crippen LogP contribution >= 0.6 is 0 Å². The Labute approximate surface area is 130 Å². The average Bonchev–Trinajstić information content (AvgIpc) is 2.52. The lowest BCUT2D eigenvalue weighted by atomic mass is 9.99. The number of aliphatic imine (C=N–C) groups is 1. The van der Waals surface area contributed by atoms with Gasteiger partial charge in [-0.25, -0.2) is 4.79 Å². The summed E-state index contributed by atoms with van der Waals surface area (Å²) in [5, 5.41) is 0. The standard InChI is InChI=1S/C17H21NO4/c1-12(16(13(2)19)9-10-17(20)22-4)18-11-14-5-7-15(21-3)8-6-14/h5-10,16H,11H2,1-4H3/b10-9+,18-12?. The highest BCUT2D eigenvalue weighted by Crippen LogP contribution is 2.13. The summed E-state index contributed by atoms with van der Waals surface area (Å²) in [6, 6.07) is 7.56. The fourth-order valence-corrected chi connectivity index (χ4v) is 1.86. The minimum absolute atomic E-state index is 0.0730. The van der Waals surface area contributed by atoms with E-state index in [1.165, 1.54) is 26.2 Å². The van der Waals surface area contributed by atoms with Gasteiger partial charge in [0.15, 0.2) is 0 Å². The number of esters is 1. The summed E-state index contributed by atoms with van der Waals surface area (Å²) >= 11 is 0. The molecule has 0 bridgehead atoms. The molecule has 1 aromatic rings. The van der Waals surface area contributed by atoms with Crippen LogP contribution in [0.5, 0.6) is 5.75 Å². The van der Waals surface area contributed by atoms with E-state index < -0.39 is 11.9 Å². The minimum Gasteiger partial charge on any atom is -0.497 e. The lowest BCUT2D eigenvalue weighted by Crippen LogP contribution is -2.18. The first-order valence-corrected chi connectivity index (χ1v) is 6.88. The number of benzene rings is 1. The number of rotatable bonds is 7. The Balaban J connectivity index is 2.79. The summed E-state index contributed by atoms with van der Waals surface area (Å²) in [4.78, 5) is 27.2. The van der Waals surface area contributed by atoms with Crippen LogP contribution in [-0.2, 0) is 20.9 Å². The molecule has 0 heterocycles. The summed E-state index contributed by atoms with van der Waals surface area (Å²) in [6.07, 6.45) is 2.76. The Morgan fingerprint density at radius 1 is 1.18 bits per heavy atom. The van der Waals surface area contributed by atoms with Crippen LogP contribution in [0.4, 0.5) is 0 Å². The van der Waals surface area contributed by atoms with Crippen LogP contribution in [0.15, 0.2) is 41.4 Å². The topological polar surface area (TPSA) is 65.0 Å². The normalized spacial score (nSPS) is 13.0. The van der Waals surface area contributed by atoms with E-state index >= 15 is 0 Å². The number of ketones is 1. The van der Waals surface area contributed by atoms with Gasteiger partial charge in [0, 0.05) is 11.8 Å². The molecule has 0 aliphatic rings. The Bertz CT molecular complexity index is 573. The molecule has 0 fully saturated rings. The molecule has 1 rings (SSSR count). The zero-order chi connectivity index (χ0) is 16.5. The molecule has 0 aliphatic carbocycles. The minimum atomic E-state index is -0.516. The first kappa shape index (κ1) is 17.6. The molecule has 1 unspecified atom stereocenters. The number of allylic oxidation sites excluding steroid dienone is 1. The molecule has 0 aliphatic heterocycles. The Kier molecular flexibility index (Phi) is 7.02. The molecule has 0 saturated heterocycles. The van der Waals surface area contributed by atoms with Crippen molar-refractivity contribution in [1.29, 1.82) is 0 Å². The third-order valence-corrected chi connectivity index (χ3v) is 3.18. The van der Waals surface area contributed by atoms with Crippen molar-refractivity contribution in [3.8, 4) is 5.75 Å². The van der Waals surface area contributed by atoms with Crippen molar-refractivity contribution in [2.24, 2.45) is 10.9 Å². The predicted octanol–water partition coefficient (Wildman–Crippen LogP) is 2.59. The summed E-state index contributed by atoms with van der Waals surface area (Å²) in [6.45, 7) is 3.71. The SMILES string of the molecule is COC(=O)/C=C/C(C(C)=O)C(C)=NCc1ccc(OC)cc1. The summed E-state index contributed by atoms with van der Waals surface area (Å²) in [5.41, 5.74) is 1.67. The quantitative estimate of drug-likeness (QED) is 0.441. The number of nitrogens with zero attached hydrogens (tertiary/aromatic N) is 1. The van der Waals surface area contributed by atoms with Crippen LogP contribution in [0.2, 0.25) is 0 Å². The molecule has 0 amide bonds. The summed E-state index contributed by atoms with van der Waals surface area (Å²) in [7, 11) is 2.91. The van der Waals surface area contributed by atoms with E-state index in [1.807, 2.05) is 24.3 Å². The van der Waals surface area contributed by atoms with E-state index in [0.29, 0.717) is 12.3 Å². The van der Waals surface area contributed by atoms with Crippen LogP contribution in [0.25, 0.3) is 0 Å². The van der Waals surface area contributed by atoms with Crippen molar-refractivity contribution in [1.82, 2.24) is 0 Å². The van der Waals surface area contributed by atoms with Crippen LogP contribution in [-0.4, -0.2) is 31.7 Å². The van der Waals surface area contributed by atoms with Gasteiger partial charge in [-0.05, 0) is 31.5 Å². The third-order valence-electron chi connectivity index (χ3n) is 3.18. The van der Waals surface area contributed by atoms with Crippen molar-refractivity contribution < 1.29 is 19.1 Å². The molecule has 22 heavy (non-hydrogen) atoms. The molecule has 0 aromatic heterocycles. The highest BCUT2D eigenvalue weighted by atomic mass is 16.5. The van der Waals surface area contributed by atoms with Gasteiger partial charge >= 0.3 is 5.97 Å². The molecular weight excluding hydrogens is 282 g/mol. The number of carbonyl (C=O) groups excluding carboxylic acids is 2. The van der Waals surface area contributed by atoms with Gasteiger partial charge in [-0.2, -0.15) is 0 Å². The van der Waals surface area contributed by atoms with Gasteiger partial charge in [-0.1, -0.05) is 18.2 Å². The number of hydrogen-bond donors (Lipinski definition) is 0.